The lowest BCUT2D eigenvalue weighted by atomic mass is 9.73. The van der Waals surface area contributed by atoms with Gasteiger partial charge in [0, 0.05) is 30.5 Å². The van der Waals surface area contributed by atoms with Crippen LogP contribution < -0.4 is 0 Å². The molecule has 4 heterocycles. The summed E-state index contributed by atoms with van der Waals surface area (Å²) < 4.78 is 17.7. The molecule has 6 atom stereocenters. The van der Waals surface area contributed by atoms with Gasteiger partial charge in [-0.2, -0.15) is 0 Å². The second-order valence-corrected chi connectivity index (χ2v) is 12.0. The molecule has 206 valence electrons. The van der Waals surface area contributed by atoms with Gasteiger partial charge < -0.3 is 19.3 Å². The first kappa shape index (κ1) is 27.0. The van der Waals surface area contributed by atoms with Crippen molar-refractivity contribution in [1.29, 1.82) is 0 Å². The van der Waals surface area contributed by atoms with Crippen LogP contribution in [-0.2, 0) is 25.4 Å². The third-order valence-corrected chi connectivity index (χ3v) is 8.98. The van der Waals surface area contributed by atoms with E-state index in [-0.39, 0.29) is 36.0 Å². The van der Waals surface area contributed by atoms with Crippen LogP contribution in [0.25, 0.3) is 0 Å². The third-order valence-electron chi connectivity index (χ3n) is 8.98. The van der Waals surface area contributed by atoms with Gasteiger partial charge in [0.25, 0.3) is 0 Å². The van der Waals surface area contributed by atoms with E-state index in [0.29, 0.717) is 34.7 Å². The smallest absolute Gasteiger partial charge is 0.343 e. The summed E-state index contributed by atoms with van der Waals surface area (Å²) in [6.45, 7) is 9.28. The second kappa shape index (κ2) is 11.3. The number of benzene rings is 1. The molecule has 0 aliphatic carbocycles. The van der Waals surface area contributed by atoms with Gasteiger partial charge in [-0.1, -0.05) is 51.1 Å². The largest absolute Gasteiger partial charge is 0.492 e. The zero-order chi connectivity index (χ0) is 27.0. The van der Waals surface area contributed by atoms with Gasteiger partial charge in [-0.3, -0.25) is 4.90 Å². The summed E-state index contributed by atoms with van der Waals surface area (Å²) in [5.41, 5.74) is 1.83. The minimum atomic E-state index is -0.378. The number of piperidine rings is 1. The first-order valence-electron chi connectivity index (χ1n) is 14.4. The van der Waals surface area contributed by atoms with E-state index in [2.05, 4.69) is 62.1 Å². The maximum Gasteiger partial charge on any atom is 0.343 e. The van der Waals surface area contributed by atoms with Gasteiger partial charge >= 0.3 is 5.97 Å². The summed E-state index contributed by atoms with van der Waals surface area (Å²) in [5.74, 6) is 3.38. The minimum absolute atomic E-state index is 0.0228. The topological polar surface area (TPSA) is 68.2 Å². The number of aliphatic hydroxyl groups excluding tert-OH is 1. The molecule has 0 bridgehead atoms. The van der Waals surface area contributed by atoms with Gasteiger partial charge in [0.2, 0.25) is 5.76 Å². The van der Waals surface area contributed by atoms with Crippen molar-refractivity contribution in [2.75, 3.05) is 13.7 Å². The van der Waals surface area contributed by atoms with Gasteiger partial charge in [-0.05, 0) is 68.9 Å². The van der Waals surface area contributed by atoms with Crippen molar-refractivity contribution in [2.24, 2.45) is 23.7 Å². The lowest BCUT2D eigenvalue weighted by molar-refractivity contribution is -0.133. The Hall–Kier alpha value is -2.57. The first-order chi connectivity index (χ1) is 18.3. The average Bonchev–Trinajstić information content (AvgIpc) is 3.29. The van der Waals surface area contributed by atoms with Gasteiger partial charge in [0.1, 0.15) is 5.76 Å². The molecule has 1 N–H and O–H groups in total. The van der Waals surface area contributed by atoms with Crippen molar-refractivity contribution in [1.82, 2.24) is 4.90 Å². The number of methoxy groups -OCH3 is 1. The molecular formula is C32H43NO5. The number of esters is 1. The first-order valence-corrected chi connectivity index (χ1v) is 14.4. The molecule has 5 rings (SSSR count). The normalized spacial score (nSPS) is 32.3. The average molecular weight is 522 g/mol. The molecule has 4 aliphatic rings. The van der Waals surface area contributed by atoms with Crippen LogP contribution in [0.2, 0.25) is 0 Å². The highest BCUT2D eigenvalue weighted by atomic mass is 16.6. The quantitative estimate of drug-likeness (QED) is 0.462. The molecule has 1 aromatic carbocycles. The van der Waals surface area contributed by atoms with E-state index in [1.807, 2.05) is 0 Å². The molecule has 0 saturated carbocycles. The summed E-state index contributed by atoms with van der Waals surface area (Å²) in [5, 5.41) is 11.5. The van der Waals surface area contributed by atoms with E-state index in [9.17, 15) is 9.90 Å². The standard InChI is InChI=1S/C32H43NO5/c1-19(2)13-14-26(34)24-17-23(16-22-10-7-6-8-11-22)18-25-28-20(3)30(37-27(28)12-9-15-33(24)25)31-29(36-5)21(4)32(35)38-31/h6-8,10-12,19-20,23-26,28,34H,9,13-18H2,1-5H3/t20-,23+,24+,25-,26+,28+/m1/s1. The van der Waals surface area contributed by atoms with Gasteiger partial charge in [-0.25, -0.2) is 4.79 Å². The summed E-state index contributed by atoms with van der Waals surface area (Å²) in [7, 11) is 1.57. The fourth-order valence-corrected chi connectivity index (χ4v) is 7.06. The summed E-state index contributed by atoms with van der Waals surface area (Å²) in [4.78, 5) is 14.9. The van der Waals surface area contributed by atoms with Crippen LogP contribution in [0.3, 0.4) is 0 Å². The van der Waals surface area contributed by atoms with Gasteiger partial charge in [-0.15, -0.1) is 0 Å². The number of aliphatic hydroxyl groups is 1. The van der Waals surface area contributed by atoms with Gasteiger partial charge in [0.15, 0.2) is 11.5 Å². The molecule has 0 unspecified atom stereocenters. The number of ether oxygens (including phenoxy) is 3. The number of hydrogen-bond acceptors (Lipinski definition) is 6. The fourth-order valence-electron chi connectivity index (χ4n) is 7.06. The van der Waals surface area contributed by atoms with Crippen molar-refractivity contribution < 1.29 is 24.1 Å². The van der Waals surface area contributed by atoms with Crippen LogP contribution in [0.15, 0.2) is 65.0 Å². The number of rotatable bonds is 7. The SMILES string of the molecule is COC1=C(C)C(=O)OC1=C1OC2=CCCN3[C@H](C[C@@H](Cc4ccccc4)C[C@H]3[C@@H](O)CCC(C)C)[C@@H]2[C@H]1C. The molecule has 2 saturated heterocycles. The van der Waals surface area contributed by atoms with E-state index in [4.69, 9.17) is 14.2 Å². The van der Waals surface area contributed by atoms with E-state index >= 15 is 0 Å². The molecule has 6 nitrogen and oxygen atoms in total. The molecular weight excluding hydrogens is 478 g/mol. The Morgan fingerprint density at radius 3 is 2.61 bits per heavy atom. The van der Waals surface area contributed by atoms with Crippen molar-refractivity contribution in [3.63, 3.8) is 0 Å². The zero-order valence-electron chi connectivity index (χ0n) is 23.5. The monoisotopic (exact) mass is 521 g/mol. The molecule has 0 radical (unpaired) electrons. The van der Waals surface area contributed by atoms with E-state index in [1.54, 1.807) is 14.0 Å². The van der Waals surface area contributed by atoms with Crippen molar-refractivity contribution in [3.8, 4) is 0 Å². The van der Waals surface area contributed by atoms with Crippen LogP contribution in [0.4, 0.5) is 0 Å². The molecule has 6 heteroatoms. The highest BCUT2D eigenvalue weighted by Gasteiger charge is 2.51. The summed E-state index contributed by atoms with van der Waals surface area (Å²) in [6.07, 6.45) is 7.66. The molecule has 4 aliphatic heterocycles. The Morgan fingerprint density at radius 2 is 1.89 bits per heavy atom. The Morgan fingerprint density at radius 1 is 1.13 bits per heavy atom. The van der Waals surface area contributed by atoms with Crippen molar-refractivity contribution in [3.05, 3.63) is 70.6 Å². The zero-order valence-corrected chi connectivity index (χ0v) is 23.5. The van der Waals surface area contributed by atoms with E-state index < -0.39 is 0 Å². The highest BCUT2D eigenvalue weighted by Crippen LogP contribution is 2.50. The molecule has 38 heavy (non-hydrogen) atoms. The third kappa shape index (κ3) is 5.17. The Balaban J connectivity index is 1.48. The maximum absolute atomic E-state index is 12.4. The number of carbonyl (C=O) groups excluding carboxylic acids is 1. The molecule has 0 aromatic heterocycles. The number of cyclic esters (lactones) is 1. The van der Waals surface area contributed by atoms with Crippen LogP contribution in [-0.4, -0.2) is 47.8 Å². The van der Waals surface area contributed by atoms with Crippen LogP contribution in [0.1, 0.15) is 65.4 Å². The minimum Gasteiger partial charge on any atom is -0.492 e. The number of carbonyl (C=O) groups is 1. The predicted octanol–water partition coefficient (Wildman–Crippen LogP) is 5.73. The summed E-state index contributed by atoms with van der Waals surface area (Å²) in [6, 6.07) is 11.1. The fraction of sp³-hybridized carbons (Fsp3) is 0.594. The molecule has 0 spiro atoms. The summed E-state index contributed by atoms with van der Waals surface area (Å²) >= 11 is 0. The van der Waals surface area contributed by atoms with Crippen molar-refractivity contribution >= 4 is 5.97 Å². The lowest BCUT2D eigenvalue weighted by Crippen LogP contribution is -2.57. The Kier molecular flexibility index (Phi) is 8.01. The second-order valence-electron chi connectivity index (χ2n) is 12.0. The number of allylic oxidation sites excluding steroid dienone is 1. The molecule has 0 amide bonds. The predicted molar refractivity (Wildman–Crippen MR) is 146 cm³/mol. The van der Waals surface area contributed by atoms with Crippen molar-refractivity contribution in [2.45, 2.75) is 84.4 Å². The highest BCUT2D eigenvalue weighted by molar-refractivity contribution is 5.93. The lowest BCUT2D eigenvalue weighted by Gasteiger charge is -2.49. The van der Waals surface area contributed by atoms with Crippen LogP contribution in [0.5, 0.6) is 0 Å². The number of nitrogens with zero attached hydrogens (tertiary/aromatic N) is 1. The Labute approximate surface area is 227 Å². The Bertz CT molecular complexity index is 1120. The van der Waals surface area contributed by atoms with E-state index in [0.717, 1.165) is 50.8 Å². The molecule has 2 fully saturated rings. The van der Waals surface area contributed by atoms with Crippen LogP contribution in [0, 0.1) is 23.7 Å². The maximum atomic E-state index is 12.4. The van der Waals surface area contributed by atoms with Gasteiger partial charge in [0.05, 0.1) is 18.8 Å². The van der Waals surface area contributed by atoms with Crippen LogP contribution >= 0.6 is 0 Å². The number of hydrogen-bond donors (Lipinski definition) is 1. The number of fused-ring (bicyclic) bond motifs is 3. The molecule has 1 aromatic rings. The van der Waals surface area contributed by atoms with E-state index in [1.165, 1.54) is 5.56 Å².